The van der Waals surface area contributed by atoms with Crippen LogP contribution in [0, 0.1) is 0 Å². The van der Waals surface area contributed by atoms with Crippen LogP contribution in [0.4, 0.5) is 0 Å². The lowest BCUT2D eigenvalue weighted by Gasteiger charge is -2.21. The van der Waals surface area contributed by atoms with Crippen molar-refractivity contribution in [1.82, 2.24) is 9.29 Å². The zero-order valence-corrected chi connectivity index (χ0v) is 14.4. The van der Waals surface area contributed by atoms with Crippen LogP contribution < -0.4 is 5.43 Å². The molecule has 8 heteroatoms. The number of carboxylic acid groups (broad SMARTS) is 1. The average Bonchev–Trinajstić information content (AvgIpc) is 2.54. The molecular weight excluding hydrogens is 332 g/mol. The number of fused-ring (bicyclic) bond motifs is 1. The van der Waals surface area contributed by atoms with Crippen LogP contribution in [0.15, 0.2) is 34.1 Å². The number of aromatic amines is 1. The highest BCUT2D eigenvalue weighted by atomic mass is 32.2. The third-order valence-electron chi connectivity index (χ3n) is 3.67. The maximum Gasteiger partial charge on any atom is 0.341 e. The highest BCUT2D eigenvalue weighted by molar-refractivity contribution is 7.89. The number of aromatic nitrogens is 1. The number of pyridine rings is 1. The summed E-state index contributed by atoms with van der Waals surface area (Å²) in [5.74, 6) is -1.36. The number of hydrogen-bond donors (Lipinski definition) is 2. The summed E-state index contributed by atoms with van der Waals surface area (Å²) in [5, 5.41) is 9.08. The van der Waals surface area contributed by atoms with E-state index in [0.717, 1.165) is 6.20 Å². The van der Waals surface area contributed by atoms with Crippen LogP contribution in [0.25, 0.3) is 10.9 Å². The molecule has 0 amide bonds. The van der Waals surface area contributed by atoms with Crippen LogP contribution in [-0.4, -0.2) is 41.9 Å². The Hall–Kier alpha value is -2.19. The molecular formula is C16H20N2O5S. The normalized spacial score (nSPS) is 12.0. The van der Waals surface area contributed by atoms with Gasteiger partial charge in [0.2, 0.25) is 15.5 Å². The van der Waals surface area contributed by atoms with Gasteiger partial charge in [-0.3, -0.25) is 4.79 Å². The van der Waals surface area contributed by atoms with Crippen molar-refractivity contribution >= 4 is 26.9 Å². The van der Waals surface area contributed by atoms with Gasteiger partial charge in [0.25, 0.3) is 0 Å². The lowest BCUT2D eigenvalue weighted by molar-refractivity contribution is 0.0695. The number of nitrogens with zero attached hydrogens (tertiary/aromatic N) is 1. The number of carboxylic acids is 1. The van der Waals surface area contributed by atoms with Crippen molar-refractivity contribution in [1.29, 1.82) is 0 Å². The lowest BCUT2D eigenvalue weighted by Crippen LogP contribution is -2.32. The van der Waals surface area contributed by atoms with E-state index in [4.69, 9.17) is 5.11 Å². The summed E-state index contributed by atoms with van der Waals surface area (Å²) in [5.41, 5.74) is -0.733. The first-order chi connectivity index (χ1) is 11.3. The summed E-state index contributed by atoms with van der Waals surface area (Å²) in [7, 11) is -3.73. The second-order valence-corrected chi connectivity index (χ2v) is 7.39. The van der Waals surface area contributed by atoms with Crippen LogP contribution in [0.3, 0.4) is 0 Å². The first-order valence-corrected chi connectivity index (χ1v) is 9.15. The van der Waals surface area contributed by atoms with Crippen LogP contribution in [0.5, 0.6) is 0 Å². The minimum Gasteiger partial charge on any atom is -0.477 e. The van der Waals surface area contributed by atoms with E-state index in [-0.39, 0.29) is 10.3 Å². The van der Waals surface area contributed by atoms with Crippen molar-refractivity contribution in [2.24, 2.45) is 0 Å². The predicted molar refractivity (Wildman–Crippen MR) is 90.9 cm³/mol. The largest absolute Gasteiger partial charge is 0.477 e. The summed E-state index contributed by atoms with van der Waals surface area (Å²) >= 11 is 0. The van der Waals surface area contributed by atoms with Crippen molar-refractivity contribution in [2.45, 2.75) is 31.6 Å². The molecule has 2 rings (SSSR count). The summed E-state index contributed by atoms with van der Waals surface area (Å²) in [6.45, 7) is 4.56. The van der Waals surface area contributed by atoms with Gasteiger partial charge in [-0.15, -0.1) is 0 Å². The van der Waals surface area contributed by atoms with Gasteiger partial charge in [-0.05, 0) is 31.0 Å². The summed E-state index contributed by atoms with van der Waals surface area (Å²) in [6, 6.07) is 4.14. The molecule has 7 nitrogen and oxygen atoms in total. The van der Waals surface area contributed by atoms with Gasteiger partial charge in [-0.1, -0.05) is 13.8 Å². The number of aromatic carboxylic acids is 1. The van der Waals surface area contributed by atoms with Gasteiger partial charge in [-0.25, -0.2) is 13.2 Å². The molecule has 0 aliphatic carbocycles. The predicted octanol–water partition coefficient (Wildman–Crippen LogP) is 2.04. The average molecular weight is 352 g/mol. The Kier molecular flexibility index (Phi) is 5.40. The Balaban J connectivity index is 2.62. The first kappa shape index (κ1) is 18.2. The van der Waals surface area contributed by atoms with E-state index >= 15 is 0 Å². The van der Waals surface area contributed by atoms with E-state index < -0.39 is 27.0 Å². The van der Waals surface area contributed by atoms with Gasteiger partial charge < -0.3 is 10.1 Å². The maximum absolute atomic E-state index is 12.8. The molecule has 130 valence electrons. The molecule has 0 radical (unpaired) electrons. The van der Waals surface area contributed by atoms with Gasteiger partial charge in [0, 0.05) is 30.2 Å². The molecule has 0 atom stereocenters. The second-order valence-electron chi connectivity index (χ2n) is 5.45. The van der Waals surface area contributed by atoms with Crippen LogP contribution in [0.1, 0.15) is 37.0 Å². The van der Waals surface area contributed by atoms with Gasteiger partial charge in [0.15, 0.2) is 0 Å². The topological polar surface area (TPSA) is 108 Å². The molecule has 0 aliphatic heterocycles. The van der Waals surface area contributed by atoms with Crippen molar-refractivity contribution in [3.05, 3.63) is 40.2 Å². The molecule has 24 heavy (non-hydrogen) atoms. The smallest absolute Gasteiger partial charge is 0.341 e. The molecule has 1 heterocycles. The van der Waals surface area contributed by atoms with Crippen molar-refractivity contribution in [3.63, 3.8) is 0 Å². The SMILES string of the molecule is CCCN(CCC)S(=O)(=O)c1ccc2[nH]cc(C(=O)O)c(=O)c2c1. The van der Waals surface area contributed by atoms with Crippen molar-refractivity contribution < 1.29 is 18.3 Å². The lowest BCUT2D eigenvalue weighted by atomic mass is 10.1. The minimum atomic E-state index is -3.73. The molecule has 1 aromatic heterocycles. The Labute approximate surface area is 140 Å². The standard InChI is InChI=1S/C16H20N2O5S/c1-3-7-18(8-4-2)24(22,23)11-5-6-14-12(9-11)15(19)13(10-17-14)16(20)21/h5-6,9-10H,3-4,7-8H2,1-2H3,(H,17,19)(H,20,21). The number of H-pyrrole nitrogens is 1. The van der Waals surface area contributed by atoms with Gasteiger partial charge >= 0.3 is 5.97 Å². The molecule has 0 spiro atoms. The molecule has 0 unspecified atom stereocenters. The molecule has 0 bridgehead atoms. The number of benzene rings is 1. The second kappa shape index (κ2) is 7.14. The molecule has 1 aromatic carbocycles. The van der Waals surface area contributed by atoms with Crippen molar-refractivity contribution in [2.75, 3.05) is 13.1 Å². The fourth-order valence-corrected chi connectivity index (χ4v) is 4.17. The summed E-state index contributed by atoms with van der Waals surface area (Å²) in [4.78, 5) is 26.0. The number of nitrogens with one attached hydrogen (secondary N) is 1. The van der Waals surface area contributed by atoms with E-state index in [1.807, 2.05) is 13.8 Å². The third kappa shape index (κ3) is 3.34. The van der Waals surface area contributed by atoms with Gasteiger partial charge in [0.05, 0.1) is 4.90 Å². The molecule has 2 aromatic rings. The number of sulfonamides is 1. The molecule has 0 saturated carbocycles. The van der Waals surface area contributed by atoms with Crippen molar-refractivity contribution in [3.8, 4) is 0 Å². The maximum atomic E-state index is 12.8. The Morgan fingerprint density at radius 3 is 2.38 bits per heavy atom. The number of hydrogen-bond acceptors (Lipinski definition) is 4. The zero-order valence-electron chi connectivity index (χ0n) is 13.6. The monoisotopic (exact) mass is 352 g/mol. The van der Waals surface area contributed by atoms with E-state index in [1.54, 1.807) is 0 Å². The highest BCUT2D eigenvalue weighted by Gasteiger charge is 2.24. The first-order valence-electron chi connectivity index (χ1n) is 7.71. The van der Waals surface area contributed by atoms with Gasteiger partial charge in [0.1, 0.15) is 5.56 Å². The minimum absolute atomic E-state index is 0.00932. The molecule has 0 saturated heterocycles. The van der Waals surface area contributed by atoms with Crippen LogP contribution >= 0.6 is 0 Å². The summed E-state index contributed by atoms with van der Waals surface area (Å²) < 4.78 is 26.9. The summed E-state index contributed by atoms with van der Waals surface area (Å²) in [6.07, 6.45) is 2.47. The fraction of sp³-hybridized carbons (Fsp3) is 0.375. The van der Waals surface area contributed by atoms with E-state index in [9.17, 15) is 18.0 Å². The Bertz CT molecular complexity index is 912. The van der Waals surface area contributed by atoms with Crippen LogP contribution in [0.2, 0.25) is 0 Å². The number of carbonyl (C=O) groups is 1. The fourth-order valence-electron chi connectivity index (χ4n) is 2.52. The number of rotatable bonds is 7. The highest BCUT2D eigenvalue weighted by Crippen LogP contribution is 2.20. The van der Waals surface area contributed by atoms with E-state index in [1.165, 1.54) is 22.5 Å². The zero-order chi connectivity index (χ0) is 17.9. The van der Waals surface area contributed by atoms with Crippen LogP contribution in [-0.2, 0) is 10.0 Å². The Morgan fingerprint density at radius 1 is 1.21 bits per heavy atom. The quantitative estimate of drug-likeness (QED) is 0.793. The molecule has 2 N–H and O–H groups in total. The van der Waals surface area contributed by atoms with E-state index in [2.05, 4.69) is 4.98 Å². The van der Waals surface area contributed by atoms with Gasteiger partial charge in [-0.2, -0.15) is 4.31 Å². The molecule has 0 aliphatic rings. The van der Waals surface area contributed by atoms with E-state index in [0.29, 0.717) is 31.4 Å². The Morgan fingerprint density at radius 2 is 1.83 bits per heavy atom. The molecule has 0 fully saturated rings. The third-order valence-corrected chi connectivity index (χ3v) is 5.56.